The average molecular weight is 277 g/mol. The Morgan fingerprint density at radius 2 is 2.26 bits per heavy atom. The van der Waals surface area contributed by atoms with Crippen molar-refractivity contribution >= 4 is 11.3 Å². The molecule has 0 aromatic carbocycles. The van der Waals surface area contributed by atoms with Crippen LogP contribution in [0.2, 0.25) is 0 Å². The van der Waals surface area contributed by atoms with Gasteiger partial charge in [0.25, 0.3) is 0 Å². The van der Waals surface area contributed by atoms with E-state index < -0.39 is 0 Å². The number of thiophene rings is 1. The fourth-order valence-electron chi connectivity index (χ4n) is 2.26. The smallest absolute Gasteiger partial charge is 0.126 e. The topological polar surface area (TPSA) is 29.9 Å². The van der Waals surface area contributed by atoms with Gasteiger partial charge in [-0.3, -0.25) is 0 Å². The van der Waals surface area contributed by atoms with Crippen LogP contribution in [0.1, 0.15) is 43.4 Å². The summed E-state index contributed by atoms with van der Waals surface area (Å²) in [7, 11) is 0. The highest BCUT2D eigenvalue weighted by atomic mass is 32.1. The van der Waals surface area contributed by atoms with E-state index in [-0.39, 0.29) is 0 Å². The van der Waals surface area contributed by atoms with Crippen LogP contribution in [0.15, 0.2) is 29.9 Å². The molecule has 2 heterocycles. The van der Waals surface area contributed by atoms with Gasteiger partial charge >= 0.3 is 0 Å². The molecule has 0 aliphatic carbocycles. The highest BCUT2D eigenvalue weighted by molar-refractivity contribution is 7.09. The molecule has 0 bridgehead atoms. The lowest BCUT2D eigenvalue weighted by molar-refractivity contribution is 0.478. The van der Waals surface area contributed by atoms with Crippen LogP contribution in [0.25, 0.3) is 0 Å². The van der Waals surface area contributed by atoms with Crippen LogP contribution in [0.3, 0.4) is 0 Å². The molecule has 2 aromatic rings. The van der Waals surface area contributed by atoms with Crippen LogP contribution in [0.5, 0.6) is 0 Å². The number of aryl methyl sites for hydroxylation is 1. The normalized spacial score (nSPS) is 12.7. The van der Waals surface area contributed by atoms with Crippen molar-refractivity contribution in [1.29, 1.82) is 0 Å². The second kappa shape index (κ2) is 7.46. The number of aromatic nitrogens is 2. The third kappa shape index (κ3) is 3.91. The molecule has 0 saturated carbocycles. The molecule has 1 unspecified atom stereocenters. The molecule has 0 amide bonds. The first kappa shape index (κ1) is 14.3. The van der Waals surface area contributed by atoms with Crippen LogP contribution >= 0.6 is 11.3 Å². The molecule has 2 aromatic heterocycles. The highest BCUT2D eigenvalue weighted by Crippen LogP contribution is 2.20. The van der Waals surface area contributed by atoms with Crippen LogP contribution in [0.4, 0.5) is 0 Å². The second-order valence-corrected chi connectivity index (χ2v) is 5.80. The van der Waals surface area contributed by atoms with Crippen molar-refractivity contribution < 1.29 is 0 Å². The Labute approximate surface area is 119 Å². The molecule has 104 valence electrons. The average Bonchev–Trinajstić information content (AvgIpc) is 3.06. The number of rotatable bonds is 8. The molecule has 0 radical (unpaired) electrons. The lowest BCUT2D eigenvalue weighted by Crippen LogP contribution is -2.27. The zero-order valence-corrected chi connectivity index (χ0v) is 12.6. The Morgan fingerprint density at radius 1 is 1.37 bits per heavy atom. The SMILES string of the molecule is CCCNC(Cc1cccs1)c1nccn1CCC. The maximum absolute atomic E-state index is 4.57. The standard InChI is InChI=1S/C15H23N3S/c1-3-7-16-14(12-13-6-5-11-19-13)15-17-8-10-18(15)9-4-2/h5-6,8,10-11,14,16H,3-4,7,9,12H2,1-2H3. The Hall–Kier alpha value is -1.13. The van der Waals surface area contributed by atoms with E-state index in [2.05, 4.69) is 52.4 Å². The molecule has 1 N–H and O–H groups in total. The van der Waals surface area contributed by atoms with Crippen LogP contribution in [0, 0.1) is 0 Å². The lowest BCUT2D eigenvalue weighted by atomic mass is 10.1. The zero-order valence-electron chi connectivity index (χ0n) is 11.8. The molecule has 0 spiro atoms. The van der Waals surface area contributed by atoms with E-state index in [1.165, 1.54) is 10.7 Å². The van der Waals surface area contributed by atoms with Crippen LogP contribution < -0.4 is 5.32 Å². The molecule has 4 heteroatoms. The van der Waals surface area contributed by atoms with Gasteiger partial charge in [0.15, 0.2) is 0 Å². The van der Waals surface area contributed by atoms with E-state index in [0.717, 1.165) is 32.4 Å². The largest absolute Gasteiger partial charge is 0.334 e. The first-order valence-electron chi connectivity index (χ1n) is 7.12. The Kier molecular flexibility index (Phi) is 5.61. The summed E-state index contributed by atoms with van der Waals surface area (Å²) in [5.41, 5.74) is 0. The van der Waals surface area contributed by atoms with Crippen molar-refractivity contribution in [3.05, 3.63) is 40.6 Å². The fraction of sp³-hybridized carbons (Fsp3) is 0.533. The molecule has 0 fully saturated rings. The van der Waals surface area contributed by atoms with E-state index in [1.54, 1.807) is 0 Å². The molecular formula is C15H23N3S. The minimum absolute atomic E-state index is 0.320. The van der Waals surface area contributed by atoms with Crippen LogP contribution in [-0.4, -0.2) is 16.1 Å². The molecular weight excluding hydrogens is 254 g/mol. The minimum atomic E-state index is 0.320. The Morgan fingerprint density at radius 3 is 2.95 bits per heavy atom. The van der Waals surface area contributed by atoms with E-state index in [4.69, 9.17) is 0 Å². The van der Waals surface area contributed by atoms with Gasteiger partial charge in [-0.1, -0.05) is 19.9 Å². The monoisotopic (exact) mass is 277 g/mol. The summed E-state index contributed by atoms with van der Waals surface area (Å²) in [4.78, 5) is 5.99. The number of nitrogens with zero attached hydrogens (tertiary/aromatic N) is 2. The van der Waals surface area contributed by atoms with Crippen molar-refractivity contribution in [3.8, 4) is 0 Å². The van der Waals surface area contributed by atoms with Gasteiger partial charge in [-0.05, 0) is 30.8 Å². The Bertz CT molecular complexity index is 461. The van der Waals surface area contributed by atoms with Crippen molar-refractivity contribution in [2.24, 2.45) is 0 Å². The highest BCUT2D eigenvalue weighted by Gasteiger charge is 2.17. The van der Waals surface area contributed by atoms with Crippen molar-refractivity contribution in [2.45, 2.75) is 45.7 Å². The first-order chi connectivity index (χ1) is 9.35. The molecule has 3 nitrogen and oxygen atoms in total. The van der Waals surface area contributed by atoms with Crippen LogP contribution in [-0.2, 0) is 13.0 Å². The molecule has 1 atom stereocenters. The van der Waals surface area contributed by atoms with E-state index >= 15 is 0 Å². The van der Waals surface area contributed by atoms with Gasteiger partial charge in [0.1, 0.15) is 5.82 Å². The van der Waals surface area contributed by atoms with E-state index in [1.807, 2.05) is 17.5 Å². The summed E-state index contributed by atoms with van der Waals surface area (Å²) in [6, 6.07) is 4.65. The van der Waals surface area contributed by atoms with Gasteiger partial charge in [-0.15, -0.1) is 11.3 Å². The van der Waals surface area contributed by atoms with Gasteiger partial charge in [-0.25, -0.2) is 4.98 Å². The summed E-state index contributed by atoms with van der Waals surface area (Å²) in [5, 5.41) is 5.78. The number of hydrogen-bond donors (Lipinski definition) is 1. The summed E-state index contributed by atoms with van der Waals surface area (Å²) in [6.07, 6.45) is 7.32. The minimum Gasteiger partial charge on any atom is -0.334 e. The van der Waals surface area contributed by atoms with E-state index in [9.17, 15) is 0 Å². The fourth-order valence-corrected chi connectivity index (χ4v) is 3.02. The summed E-state index contributed by atoms with van der Waals surface area (Å²) in [6.45, 7) is 6.49. The molecule has 0 saturated heterocycles. The molecule has 19 heavy (non-hydrogen) atoms. The van der Waals surface area contributed by atoms with Crippen molar-refractivity contribution in [1.82, 2.24) is 14.9 Å². The number of nitrogens with one attached hydrogen (secondary N) is 1. The maximum Gasteiger partial charge on any atom is 0.126 e. The first-order valence-corrected chi connectivity index (χ1v) is 7.99. The van der Waals surface area contributed by atoms with Crippen molar-refractivity contribution in [3.63, 3.8) is 0 Å². The van der Waals surface area contributed by atoms with Gasteiger partial charge < -0.3 is 9.88 Å². The van der Waals surface area contributed by atoms with Crippen molar-refractivity contribution in [2.75, 3.05) is 6.54 Å². The predicted octanol–water partition coefficient (Wildman–Crippen LogP) is 3.64. The molecule has 0 aliphatic rings. The maximum atomic E-state index is 4.57. The third-order valence-electron chi connectivity index (χ3n) is 3.15. The van der Waals surface area contributed by atoms with Gasteiger partial charge in [-0.2, -0.15) is 0 Å². The molecule has 2 rings (SSSR count). The lowest BCUT2D eigenvalue weighted by Gasteiger charge is -2.19. The quantitative estimate of drug-likeness (QED) is 0.798. The summed E-state index contributed by atoms with van der Waals surface area (Å²) in [5.74, 6) is 1.17. The number of imidazole rings is 1. The summed E-state index contributed by atoms with van der Waals surface area (Å²) >= 11 is 1.82. The zero-order chi connectivity index (χ0) is 13.5. The van der Waals surface area contributed by atoms with E-state index in [0.29, 0.717) is 6.04 Å². The molecule has 0 aliphatic heterocycles. The predicted molar refractivity (Wildman–Crippen MR) is 81.6 cm³/mol. The van der Waals surface area contributed by atoms with Gasteiger partial charge in [0.2, 0.25) is 0 Å². The number of hydrogen-bond acceptors (Lipinski definition) is 3. The van der Waals surface area contributed by atoms with Gasteiger partial charge in [0.05, 0.1) is 6.04 Å². The Balaban J connectivity index is 2.13. The van der Waals surface area contributed by atoms with Gasteiger partial charge in [0, 0.05) is 30.2 Å². The second-order valence-electron chi connectivity index (χ2n) is 4.77. The third-order valence-corrected chi connectivity index (χ3v) is 4.05. The summed E-state index contributed by atoms with van der Waals surface area (Å²) < 4.78 is 2.28.